The average Bonchev–Trinajstić information content (AvgIpc) is 2.73. The highest BCUT2D eigenvalue weighted by atomic mass is 16.3. The summed E-state index contributed by atoms with van der Waals surface area (Å²) in [6.45, 7) is 0.158. The SMILES string of the molecule is O=C(NCCO)Nc1ccc2nc[nH]c2c1. The number of aromatic amines is 1. The van der Waals surface area contributed by atoms with Gasteiger partial charge < -0.3 is 20.7 Å². The van der Waals surface area contributed by atoms with Crippen molar-refractivity contribution in [3.05, 3.63) is 24.5 Å². The van der Waals surface area contributed by atoms with Crippen molar-refractivity contribution in [2.75, 3.05) is 18.5 Å². The minimum atomic E-state index is -0.340. The number of aliphatic hydroxyl groups is 1. The third-order valence-corrected chi connectivity index (χ3v) is 2.08. The first-order valence-electron chi connectivity index (χ1n) is 4.88. The molecule has 0 aliphatic rings. The van der Waals surface area contributed by atoms with E-state index in [-0.39, 0.29) is 19.2 Å². The molecule has 0 saturated carbocycles. The lowest BCUT2D eigenvalue weighted by Gasteiger charge is -2.05. The fourth-order valence-electron chi connectivity index (χ4n) is 1.36. The summed E-state index contributed by atoms with van der Waals surface area (Å²) >= 11 is 0. The van der Waals surface area contributed by atoms with Crippen LogP contribution in [0.15, 0.2) is 24.5 Å². The summed E-state index contributed by atoms with van der Waals surface area (Å²) in [4.78, 5) is 18.3. The largest absolute Gasteiger partial charge is 0.395 e. The predicted octanol–water partition coefficient (Wildman–Crippen LogP) is 0.677. The van der Waals surface area contributed by atoms with E-state index in [2.05, 4.69) is 20.6 Å². The second-order valence-electron chi connectivity index (χ2n) is 3.24. The minimum absolute atomic E-state index is 0.0764. The highest BCUT2D eigenvalue weighted by molar-refractivity contribution is 5.91. The monoisotopic (exact) mass is 220 g/mol. The smallest absolute Gasteiger partial charge is 0.319 e. The Hall–Kier alpha value is -2.08. The Morgan fingerprint density at radius 3 is 3.19 bits per heavy atom. The van der Waals surface area contributed by atoms with Gasteiger partial charge in [0, 0.05) is 12.2 Å². The van der Waals surface area contributed by atoms with Crippen LogP contribution in [0.1, 0.15) is 0 Å². The molecule has 6 nitrogen and oxygen atoms in total. The molecular formula is C10H12N4O2. The molecule has 0 bridgehead atoms. The van der Waals surface area contributed by atoms with Crippen LogP contribution in [-0.4, -0.2) is 34.3 Å². The van der Waals surface area contributed by atoms with Crippen LogP contribution < -0.4 is 10.6 Å². The Morgan fingerprint density at radius 1 is 1.50 bits per heavy atom. The molecule has 6 heteroatoms. The zero-order chi connectivity index (χ0) is 11.4. The van der Waals surface area contributed by atoms with Crippen molar-refractivity contribution >= 4 is 22.8 Å². The second-order valence-corrected chi connectivity index (χ2v) is 3.24. The second kappa shape index (κ2) is 4.63. The molecule has 2 amide bonds. The lowest BCUT2D eigenvalue weighted by molar-refractivity contribution is 0.245. The van der Waals surface area contributed by atoms with E-state index in [0.29, 0.717) is 5.69 Å². The summed E-state index contributed by atoms with van der Waals surface area (Å²) < 4.78 is 0. The van der Waals surface area contributed by atoms with Gasteiger partial charge in [-0.05, 0) is 18.2 Å². The zero-order valence-electron chi connectivity index (χ0n) is 8.53. The molecule has 0 spiro atoms. The molecule has 0 aliphatic carbocycles. The quantitative estimate of drug-likeness (QED) is 0.613. The number of urea groups is 1. The number of rotatable bonds is 3. The van der Waals surface area contributed by atoms with Gasteiger partial charge in [0.15, 0.2) is 0 Å². The van der Waals surface area contributed by atoms with Crippen molar-refractivity contribution in [1.29, 1.82) is 0 Å². The van der Waals surface area contributed by atoms with Crippen LogP contribution in [-0.2, 0) is 0 Å². The van der Waals surface area contributed by atoms with Crippen molar-refractivity contribution in [3.8, 4) is 0 Å². The zero-order valence-corrected chi connectivity index (χ0v) is 8.53. The Bertz CT molecular complexity index is 494. The molecule has 4 N–H and O–H groups in total. The summed E-state index contributed by atoms with van der Waals surface area (Å²) in [5, 5.41) is 13.7. The molecule has 0 fully saturated rings. The van der Waals surface area contributed by atoms with E-state index >= 15 is 0 Å². The minimum Gasteiger partial charge on any atom is -0.395 e. The third-order valence-electron chi connectivity index (χ3n) is 2.08. The highest BCUT2D eigenvalue weighted by Crippen LogP contribution is 2.15. The van der Waals surface area contributed by atoms with Crippen LogP contribution in [0.3, 0.4) is 0 Å². The van der Waals surface area contributed by atoms with Gasteiger partial charge in [-0.15, -0.1) is 0 Å². The normalized spacial score (nSPS) is 10.3. The number of hydrogen-bond acceptors (Lipinski definition) is 3. The first kappa shape index (κ1) is 10.4. The number of aromatic nitrogens is 2. The van der Waals surface area contributed by atoms with Crippen molar-refractivity contribution in [2.24, 2.45) is 0 Å². The molecule has 0 saturated heterocycles. The van der Waals surface area contributed by atoms with Gasteiger partial charge in [0.1, 0.15) is 0 Å². The maximum atomic E-state index is 11.3. The Balaban J connectivity index is 2.06. The Labute approximate surface area is 91.7 Å². The summed E-state index contributed by atoms with van der Waals surface area (Å²) in [7, 11) is 0. The molecular weight excluding hydrogens is 208 g/mol. The van der Waals surface area contributed by atoms with Gasteiger partial charge in [0.2, 0.25) is 0 Å². The van der Waals surface area contributed by atoms with Crippen LogP contribution in [0.2, 0.25) is 0 Å². The highest BCUT2D eigenvalue weighted by Gasteiger charge is 2.02. The van der Waals surface area contributed by atoms with Crippen LogP contribution in [0.4, 0.5) is 10.5 Å². The molecule has 2 aromatic rings. The van der Waals surface area contributed by atoms with Gasteiger partial charge in [-0.2, -0.15) is 0 Å². The van der Waals surface area contributed by atoms with E-state index in [1.54, 1.807) is 18.5 Å². The number of fused-ring (bicyclic) bond motifs is 1. The van der Waals surface area contributed by atoms with E-state index in [0.717, 1.165) is 11.0 Å². The van der Waals surface area contributed by atoms with E-state index in [4.69, 9.17) is 5.11 Å². The first-order chi connectivity index (χ1) is 7.79. The maximum Gasteiger partial charge on any atom is 0.319 e. The van der Waals surface area contributed by atoms with Gasteiger partial charge in [-0.1, -0.05) is 0 Å². The number of nitrogens with zero attached hydrogens (tertiary/aromatic N) is 1. The number of aliphatic hydroxyl groups excluding tert-OH is 1. The molecule has 0 aliphatic heterocycles. The van der Waals surface area contributed by atoms with Crippen molar-refractivity contribution in [2.45, 2.75) is 0 Å². The number of benzene rings is 1. The maximum absolute atomic E-state index is 11.3. The Kier molecular flexibility index (Phi) is 3.02. The number of imidazole rings is 1. The summed E-state index contributed by atoms with van der Waals surface area (Å²) in [5.41, 5.74) is 2.38. The van der Waals surface area contributed by atoms with Gasteiger partial charge in [-0.25, -0.2) is 9.78 Å². The van der Waals surface area contributed by atoms with Gasteiger partial charge in [0.05, 0.1) is 24.0 Å². The number of hydrogen-bond donors (Lipinski definition) is 4. The lowest BCUT2D eigenvalue weighted by Crippen LogP contribution is -2.30. The number of amides is 2. The summed E-state index contributed by atoms with van der Waals surface area (Å²) in [5.74, 6) is 0. The standard InChI is InChI=1S/C10H12N4O2/c15-4-3-11-10(16)14-7-1-2-8-9(5-7)13-6-12-8/h1-2,5-6,15H,3-4H2,(H,12,13)(H2,11,14,16). The predicted molar refractivity (Wildman–Crippen MR) is 60.2 cm³/mol. The van der Waals surface area contributed by atoms with Crippen molar-refractivity contribution in [3.63, 3.8) is 0 Å². The fourth-order valence-corrected chi connectivity index (χ4v) is 1.36. The van der Waals surface area contributed by atoms with Crippen LogP contribution in [0.25, 0.3) is 11.0 Å². The molecule has 1 aromatic carbocycles. The van der Waals surface area contributed by atoms with E-state index < -0.39 is 0 Å². The third kappa shape index (κ3) is 2.29. The first-order valence-corrected chi connectivity index (χ1v) is 4.88. The number of nitrogens with one attached hydrogen (secondary N) is 3. The Morgan fingerprint density at radius 2 is 2.38 bits per heavy atom. The topological polar surface area (TPSA) is 90.0 Å². The number of carbonyl (C=O) groups is 1. The van der Waals surface area contributed by atoms with E-state index in [1.165, 1.54) is 0 Å². The molecule has 0 radical (unpaired) electrons. The molecule has 1 aromatic heterocycles. The van der Waals surface area contributed by atoms with Gasteiger partial charge >= 0.3 is 6.03 Å². The fraction of sp³-hybridized carbons (Fsp3) is 0.200. The van der Waals surface area contributed by atoms with E-state index in [9.17, 15) is 4.79 Å². The van der Waals surface area contributed by atoms with Crippen LogP contribution in [0.5, 0.6) is 0 Å². The van der Waals surface area contributed by atoms with Gasteiger partial charge in [-0.3, -0.25) is 0 Å². The number of carbonyl (C=O) groups excluding carboxylic acids is 1. The molecule has 2 rings (SSSR count). The molecule has 0 unspecified atom stereocenters. The van der Waals surface area contributed by atoms with Crippen LogP contribution >= 0.6 is 0 Å². The van der Waals surface area contributed by atoms with Gasteiger partial charge in [0.25, 0.3) is 0 Å². The molecule has 0 atom stereocenters. The summed E-state index contributed by atoms with van der Waals surface area (Å²) in [6, 6.07) is 5.03. The molecule has 84 valence electrons. The van der Waals surface area contributed by atoms with E-state index in [1.807, 2.05) is 6.07 Å². The lowest BCUT2D eigenvalue weighted by atomic mass is 10.3. The molecule has 1 heterocycles. The number of H-pyrrole nitrogens is 1. The van der Waals surface area contributed by atoms with Crippen LogP contribution in [0, 0.1) is 0 Å². The molecule has 16 heavy (non-hydrogen) atoms. The van der Waals surface area contributed by atoms with Crippen molar-refractivity contribution < 1.29 is 9.90 Å². The van der Waals surface area contributed by atoms with Crippen molar-refractivity contribution in [1.82, 2.24) is 15.3 Å². The number of anilines is 1. The average molecular weight is 220 g/mol. The summed E-state index contributed by atoms with van der Waals surface area (Å²) in [6.07, 6.45) is 1.60.